The van der Waals surface area contributed by atoms with Gasteiger partial charge in [-0.2, -0.15) is 0 Å². The van der Waals surface area contributed by atoms with Gasteiger partial charge in [-0.1, -0.05) is 0 Å². The Bertz CT molecular complexity index is 561. The Morgan fingerprint density at radius 1 is 1.35 bits per heavy atom. The maximum Gasteiger partial charge on any atom is 0.261 e. The molecule has 94 valence electrons. The van der Waals surface area contributed by atoms with E-state index in [9.17, 15) is 8.42 Å². The van der Waals surface area contributed by atoms with Crippen molar-refractivity contribution in [2.75, 3.05) is 0 Å². The number of fused-ring (bicyclic) bond motifs is 1. The van der Waals surface area contributed by atoms with E-state index in [0.29, 0.717) is 0 Å². The molecule has 0 saturated carbocycles. The van der Waals surface area contributed by atoms with Gasteiger partial charge in [-0.25, -0.2) is 8.42 Å². The Kier molecular flexibility index (Phi) is 2.91. The molecule has 1 aliphatic rings. The molecule has 0 spiro atoms. The van der Waals surface area contributed by atoms with Crippen LogP contribution in [0.2, 0.25) is 0 Å². The Hall–Kier alpha value is -0.740. The summed E-state index contributed by atoms with van der Waals surface area (Å²) in [5, 5.41) is 0. The topological polar surface area (TPSA) is 43.4 Å². The third-order valence-electron chi connectivity index (χ3n) is 2.98. The highest BCUT2D eigenvalue weighted by molar-refractivity contribution is 8.13. The van der Waals surface area contributed by atoms with Crippen LogP contribution in [0.3, 0.4) is 0 Å². The molecule has 0 unspecified atom stereocenters. The zero-order chi connectivity index (χ0) is 12.8. The normalized spacial score (nSPS) is 18.4. The van der Waals surface area contributed by atoms with Crippen LogP contribution in [0, 0.1) is 6.92 Å². The van der Waals surface area contributed by atoms with Crippen molar-refractivity contribution in [2.45, 2.75) is 44.1 Å². The van der Waals surface area contributed by atoms with Crippen molar-refractivity contribution in [2.24, 2.45) is 0 Å². The highest BCUT2D eigenvalue weighted by atomic mass is 35.7. The number of hydrogen-bond acceptors (Lipinski definition) is 3. The minimum Gasteiger partial charge on any atom is -0.487 e. The molecular weight excluding hydrogens is 260 g/mol. The molecule has 2 rings (SSSR count). The van der Waals surface area contributed by atoms with Gasteiger partial charge in [0, 0.05) is 10.7 Å². The van der Waals surface area contributed by atoms with E-state index in [1.54, 1.807) is 12.1 Å². The van der Waals surface area contributed by atoms with Gasteiger partial charge in [0.2, 0.25) is 0 Å². The van der Waals surface area contributed by atoms with Crippen LogP contribution in [0.15, 0.2) is 17.0 Å². The molecule has 0 aliphatic carbocycles. The second kappa shape index (κ2) is 3.89. The van der Waals surface area contributed by atoms with Crippen molar-refractivity contribution in [3.8, 4) is 5.75 Å². The molecular formula is C12H15ClO3S. The Morgan fingerprint density at radius 2 is 2.00 bits per heavy atom. The van der Waals surface area contributed by atoms with Gasteiger partial charge in [0.15, 0.2) is 0 Å². The highest BCUT2D eigenvalue weighted by Crippen LogP contribution is 2.37. The van der Waals surface area contributed by atoms with E-state index < -0.39 is 9.05 Å². The first-order valence-electron chi connectivity index (χ1n) is 5.46. The zero-order valence-electron chi connectivity index (χ0n) is 10.1. The standard InChI is InChI=1S/C12H15ClO3S/c1-8-6-10(17(13,14)15)7-9-4-5-12(2,3)16-11(8)9/h6-7H,4-5H2,1-3H3. The van der Waals surface area contributed by atoms with Gasteiger partial charge in [0.1, 0.15) is 11.4 Å². The predicted molar refractivity (Wildman–Crippen MR) is 67.2 cm³/mol. The summed E-state index contributed by atoms with van der Waals surface area (Å²) >= 11 is 0. The van der Waals surface area contributed by atoms with Gasteiger partial charge >= 0.3 is 0 Å². The lowest BCUT2D eigenvalue weighted by Gasteiger charge is -2.33. The molecule has 17 heavy (non-hydrogen) atoms. The van der Waals surface area contributed by atoms with Crippen LogP contribution in [0.5, 0.6) is 5.75 Å². The molecule has 1 aromatic carbocycles. The SMILES string of the molecule is Cc1cc(S(=O)(=O)Cl)cc2c1OC(C)(C)CC2. The van der Waals surface area contributed by atoms with Gasteiger partial charge in [-0.05, 0) is 56.9 Å². The number of aryl methyl sites for hydroxylation is 2. The first kappa shape index (κ1) is 12.7. The van der Waals surface area contributed by atoms with Gasteiger partial charge in [-0.15, -0.1) is 0 Å². The minimum absolute atomic E-state index is 0.152. The molecule has 0 N–H and O–H groups in total. The number of benzene rings is 1. The first-order valence-corrected chi connectivity index (χ1v) is 7.77. The molecule has 0 aromatic heterocycles. The third-order valence-corrected chi connectivity index (χ3v) is 4.31. The highest BCUT2D eigenvalue weighted by Gasteiger charge is 2.28. The molecule has 5 heteroatoms. The van der Waals surface area contributed by atoms with E-state index >= 15 is 0 Å². The average molecular weight is 275 g/mol. The van der Waals surface area contributed by atoms with E-state index in [4.69, 9.17) is 15.4 Å². The number of rotatable bonds is 1. The van der Waals surface area contributed by atoms with Crippen molar-refractivity contribution in [3.63, 3.8) is 0 Å². The fourth-order valence-electron chi connectivity index (χ4n) is 2.05. The first-order chi connectivity index (χ1) is 7.69. The van der Waals surface area contributed by atoms with Gasteiger partial charge in [0.25, 0.3) is 9.05 Å². The maximum atomic E-state index is 11.3. The van der Waals surface area contributed by atoms with Crippen LogP contribution in [0.4, 0.5) is 0 Å². The Labute approximate surface area is 106 Å². The van der Waals surface area contributed by atoms with Crippen LogP contribution in [0.1, 0.15) is 31.4 Å². The van der Waals surface area contributed by atoms with Crippen molar-refractivity contribution >= 4 is 19.7 Å². The molecule has 0 saturated heterocycles. The summed E-state index contributed by atoms with van der Waals surface area (Å²) in [7, 11) is 1.69. The molecule has 0 bridgehead atoms. The van der Waals surface area contributed by atoms with Gasteiger partial charge in [-0.3, -0.25) is 0 Å². The fourth-order valence-corrected chi connectivity index (χ4v) is 2.91. The van der Waals surface area contributed by atoms with Crippen molar-refractivity contribution < 1.29 is 13.2 Å². The third kappa shape index (κ3) is 2.58. The predicted octanol–water partition coefficient (Wildman–Crippen LogP) is 3.03. The molecule has 0 amide bonds. The lowest BCUT2D eigenvalue weighted by molar-refractivity contribution is 0.0835. The summed E-state index contributed by atoms with van der Waals surface area (Å²) in [5.41, 5.74) is 1.54. The molecule has 0 fully saturated rings. The average Bonchev–Trinajstić information content (AvgIpc) is 2.16. The van der Waals surface area contributed by atoms with Crippen molar-refractivity contribution in [1.82, 2.24) is 0 Å². The largest absolute Gasteiger partial charge is 0.487 e. The van der Waals surface area contributed by atoms with Gasteiger partial charge < -0.3 is 4.74 Å². The monoisotopic (exact) mass is 274 g/mol. The lowest BCUT2D eigenvalue weighted by Crippen LogP contribution is -2.33. The second-order valence-corrected chi connectivity index (χ2v) is 7.59. The molecule has 1 aliphatic heterocycles. The summed E-state index contributed by atoms with van der Waals surface area (Å²) in [6.45, 7) is 5.90. The van der Waals surface area contributed by atoms with Crippen LogP contribution in [0.25, 0.3) is 0 Å². The Balaban J connectivity index is 2.55. The smallest absolute Gasteiger partial charge is 0.261 e. The van der Waals surface area contributed by atoms with E-state index in [1.807, 2.05) is 20.8 Å². The van der Waals surface area contributed by atoms with E-state index in [2.05, 4.69) is 0 Å². The van der Waals surface area contributed by atoms with Crippen molar-refractivity contribution in [1.29, 1.82) is 0 Å². The van der Waals surface area contributed by atoms with Crippen LogP contribution in [-0.2, 0) is 15.5 Å². The van der Waals surface area contributed by atoms with Crippen LogP contribution >= 0.6 is 10.7 Å². The van der Waals surface area contributed by atoms with E-state index in [1.165, 1.54) is 0 Å². The summed E-state index contributed by atoms with van der Waals surface area (Å²) in [6, 6.07) is 3.17. The van der Waals surface area contributed by atoms with Crippen LogP contribution < -0.4 is 4.74 Å². The number of hydrogen-bond donors (Lipinski definition) is 0. The lowest BCUT2D eigenvalue weighted by atomic mass is 9.93. The van der Waals surface area contributed by atoms with E-state index in [-0.39, 0.29) is 10.5 Å². The maximum absolute atomic E-state index is 11.3. The quantitative estimate of drug-likeness (QED) is 0.740. The molecule has 3 nitrogen and oxygen atoms in total. The summed E-state index contributed by atoms with van der Waals surface area (Å²) in [5.74, 6) is 0.797. The summed E-state index contributed by atoms with van der Waals surface area (Å²) < 4.78 is 28.5. The summed E-state index contributed by atoms with van der Waals surface area (Å²) in [6.07, 6.45) is 1.68. The Morgan fingerprint density at radius 3 is 2.59 bits per heavy atom. The zero-order valence-corrected chi connectivity index (χ0v) is 11.7. The molecule has 0 radical (unpaired) electrons. The van der Waals surface area contributed by atoms with E-state index in [0.717, 1.165) is 29.7 Å². The summed E-state index contributed by atoms with van der Waals surface area (Å²) in [4.78, 5) is 0.152. The molecule has 0 atom stereocenters. The number of halogens is 1. The minimum atomic E-state index is -3.67. The second-order valence-electron chi connectivity index (χ2n) is 5.03. The molecule has 1 heterocycles. The van der Waals surface area contributed by atoms with Gasteiger partial charge in [0.05, 0.1) is 4.90 Å². The fraction of sp³-hybridized carbons (Fsp3) is 0.500. The number of ether oxygens (including phenoxy) is 1. The molecule has 1 aromatic rings. The van der Waals surface area contributed by atoms with Crippen molar-refractivity contribution in [3.05, 3.63) is 23.3 Å². The van der Waals surface area contributed by atoms with Crippen LogP contribution in [-0.4, -0.2) is 14.0 Å².